The van der Waals surface area contributed by atoms with Gasteiger partial charge in [0.05, 0.1) is 0 Å². The Kier molecular flexibility index (Phi) is 3.60. The Hall–Kier alpha value is -1.27. The molecule has 0 radical (unpaired) electrons. The van der Waals surface area contributed by atoms with Gasteiger partial charge in [-0.1, -0.05) is 0 Å². The number of aromatic nitrogens is 3. The third-order valence-corrected chi connectivity index (χ3v) is 5.75. The third kappa shape index (κ3) is 2.27. The van der Waals surface area contributed by atoms with Crippen LogP contribution >= 0.6 is 11.8 Å². The smallest absolute Gasteiger partial charge is 0.157 e. The first kappa shape index (κ1) is 13.7. The van der Waals surface area contributed by atoms with E-state index < -0.39 is 0 Å². The number of piperidine rings is 1. The summed E-state index contributed by atoms with van der Waals surface area (Å²) < 4.78 is 2.18. The van der Waals surface area contributed by atoms with Gasteiger partial charge in [-0.15, -0.1) is 0 Å². The minimum absolute atomic E-state index is 0.252. The Morgan fingerprint density at radius 1 is 1.35 bits per heavy atom. The molecular weight excluding hydrogens is 270 g/mol. The molecule has 2 aromatic heterocycles. The van der Waals surface area contributed by atoms with Crippen molar-refractivity contribution in [2.24, 2.45) is 5.73 Å². The number of rotatable bonds is 3. The van der Waals surface area contributed by atoms with Gasteiger partial charge in [0.15, 0.2) is 5.65 Å². The molecule has 6 heteroatoms. The van der Waals surface area contributed by atoms with E-state index in [-0.39, 0.29) is 4.75 Å². The number of nitrogens with two attached hydrogens (primary N) is 1. The van der Waals surface area contributed by atoms with E-state index in [1.54, 1.807) is 6.33 Å². The van der Waals surface area contributed by atoms with Crippen molar-refractivity contribution in [2.75, 3.05) is 30.8 Å². The van der Waals surface area contributed by atoms with Crippen molar-refractivity contribution in [3.8, 4) is 0 Å². The van der Waals surface area contributed by atoms with Crippen molar-refractivity contribution in [3.63, 3.8) is 0 Å². The van der Waals surface area contributed by atoms with E-state index in [2.05, 4.69) is 40.3 Å². The number of hydrogen-bond donors (Lipinski definition) is 1. The minimum Gasteiger partial charge on any atom is -0.356 e. The Labute approximate surface area is 123 Å². The minimum atomic E-state index is 0.252. The van der Waals surface area contributed by atoms with Crippen LogP contribution in [0.3, 0.4) is 0 Å². The van der Waals surface area contributed by atoms with E-state index in [0.717, 1.165) is 43.9 Å². The van der Waals surface area contributed by atoms with E-state index in [1.165, 1.54) is 5.56 Å². The zero-order chi connectivity index (χ0) is 14.2. The standard InChI is InChI=1S/C14H21N5S/c1-11-7-12-16-10-17-19(12)13(8-11)18-5-3-14(9-15,20-2)4-6-18/h7-8,10H,3-6,9,15H2,1-2H3. The SMILES string of the molecule is CSC1(CN)CCN(c2cc(C)cc3ncnn23)CC1. The zero-order valence-corrected chi connectivity index (χ0v) is 12.9. The lowest BCUT2D eigenvalue weighted by Gasteiger charge is -2.41. The van der Waals surface area contributed by atoms with Crippen LogP contribution in [0.5, 0.6) is 0 Å². The van der Waals surface area contributed by atoms with Gasteiger partial charge in [-0.25, -0.2) is 4.98 Å². The average Bonchev–Trinajstić information content (AvgIpc) is 2.94. The predicted molar refractivity (Wildman–Crippen MR) is 84.5 cm³/mol. The van der Waals surface area contributed by atoms with Crippen molar-refractivity contribution in [1.82, 2.24) is 14.6 Å². The maximum absolute atomic E-state index is 5.96. The molecule has 0 unspecified atom stereocenters. The topological polar surface area (TPSA) is 59.5 Å². The highest BCUT2D eigenvalue weighted by Crippen LogP contribution is 2.35. The molecule has 0 aliphatic carbocycles. The van der Waals surface area contributed by atoms with E-state index in [1.807, 2.05) is 16.3 Å². The van der Waals surface area contributed by atoms with E-state index >= 15 is 0 Å². The Bertz CT molecular complexity index is 595. The third-order valence-electron chi connectivity index (χ3n) is 4.31. The summed E-state index contributed by atoms with van der Waals surface area (Å²) in [6, 6.07) is 4.25. The number of pyridine rings is 1. The average molecular weight is 291 g/mol. The second kappa shape index (κ2) is 5.26. The number of aryl methyl sites for hydroxylation is 1. The summed E-state index contributed by atoms with van der Waals surface area (Å²) in [7, 11) is 0. The lowest BCUT2D eigenvalue weighted by Crippen LogP contribution is -2.47. The maximum Gasteiger partial charge on any atom is 0.157 e. The van der Waals surface area contributed by atoms with Crippen molar-refractivity contribution in [2.45, 2.75) is 24.5 Å². The number of anilines is 1. The Balaban J connectivity index is 1.88. The molecule has 0 bridgehead atoms. The molecule has 3 heterocycles. The quantitative estimate of drug-likeness (QED) is 0.932. The fraction of sp³-hybridized carbons (Fsp3) is 0.571. The summed E-state index contributed by atoms with van der Waals surface area (Å²) in [5.41, 5.74) is 8.10. The molecule has 1 aliphatic rings. The summed E-state index contributed by atoms with van der Waals surface area (Å²) in [6.45, 7) is 4.91. The van der Waals surface area contributed by atoms with Crippen molar-refractivity contribution >= 4 is 23.2 Å². The molecule has 1 aliphatic heterocycles. The summed E-state index contributed by atoms with van der Waals surface area (Å²) in [6.07, 6.45) is 6.03. The van der Waals surface area contributed by atoms with Crippen molar-refractivity contribution in [3.05, 3.63) is 24.0 Å². The van der Waals surface area contributed by atoms with Crippen LogP contribution in [0.25, 0.3) is 5.65 Å². The molecule has 20 heavy (non-hydrogen) atoms. The molecule has 0 atom stereocenters. The van der Waals surface area contributed by atoms with Gasteiger partial charge in [-0.2, -0.15) is 21.4 Å². The molecular formula is C14H21N5S. The first-order valence-electron chi connectivity index (χ1n) is 6.98. The second-order valence-corrected chi connectivity index (χ2v) is 6.77. The second-order valence-electron chi connectivity index (χ2n) is 5.50. The normalized spacial score (nSPS) is 18.6. The molecule has 2 aromatic rings. The van der Waals surface area contributed by atoms with Gasteiger partial charge in [-0.05, 0) is 43.7 Å². The van der Waals surface area contributed by atoms with Crippen LogP contribution in [-0.2, 0) is 0 Å². The Morgan fingerprint density at radius 3 is 2.75 bits per heavy atom. The largest absolute Gasteiger partial charge is 0.356 e. The fourth-order valence-corrected chi connectivity index (χ4v) is 3.65. The monoisotopic (exact) mass is 291 g/mol. The van der Waals surface area contributed by atoms with Gasteiger partial charge >= 0.3 is 0 Å². The first-order valence-corrected chi connectivity index (χ1v) is 8.20. The zero-order valence-electron chi connectivity index (χ0n) is 12.0. The molecule has 1 fully saturated rings. The van der Waals surface area contributed by atoms with Gasteiger partial charge in [0.2, 0.25) is 0 Å². The lowest BCUT2D eigenvalue weighted by atomic mass is 9.95. The van der Waals surface area contributed by atoms with Crippen molar-refractivity contribution in [1.29, 1.82) is 0 Å². The molecule has 0 aromatic carbocycles. The highest BCUT2D eigenvalue weighted by Gasteiger charge is 2.33. The Morgan fingerprint density at radius 2 is 2.10 bits per heavy atom. The van der Waals surface area contributed by atoms with Crippen molar-refractivity contribution < 1.29 is 0 Å². The van der Waals surface area contributed by atoms with Gasteiger partial charge in [-0.3, -0.25) is 0 Å². The molecule has 2 N–H and O–H groups in total. The van der Waals surface area contributed by atoms with Crippen LogP contribution < -0.4 is 10.6 Å². The van der Waals surface area contributed by atoms with E-state index in [0.29, 0.717) is 0 Å². The predicted octanol–water partition coefficient (Wildman–Crippen LogP) is 1.70. The fourth-order valence-electron chi connectivity index (χ4n) is 2.90. The number of nitrogens with zero attached hydrogens (tertiary/aromatic N) is 4. The molecule has 108 valence electrons. The molecule has 5 nitrogen and oxygen atoms in total. The summed E-state index contributed by atoms with van der Waals surface area (Å²) in [5.74, 6) is 1.14. The van der Waals surface area contributed by atoms with Crippen LogP contribution in [0.1, 0.15) is 18.4 Å². The van der Waals surface area contributed by atoms with Crippen LogP contribution in [-0.4, -0.2) is 45.2 Å². The van der Waals surface area contributed by atoms with Gasteiger partial charge in [0.25, 0.3) is 0 Å². The molecule has 3 rings (SSSR count). The number of thioether (sulfide) groups is 1. The van der Waals surface area contributed by atoms with Gasteiger partial charge < -0.3 is 10.6 Å². The number of fused-ring (bicyclic) bond motifs is 1. The first-order chi connectivity index (χ1) is 9.67. The summed E-state index contributed by atoms with van der Waals surface area (Å²) in [5, 5.41) is 4.35. The number of hydrogen-bond acceptors (Lipinski definition) is 5. The highest BCUT2D eigenvalue weighted by atomic mass is 32.2. The van der Waals surface area contributed by atoms with Gasteiger partial charge in [0.1, 0.15) is 12.1 Å². The summed E-state index contributed by atoms with van der Waals surface area (Å²) in [4.78, 5) is 6.70. The van der Waals surface area contributed by atoms with Crippen LogP contribution in [0.2, 0.25) is 0 Å². The van der Waals surface area contributed by atoms with Gasteiger partial charge in [0, 0.05) is 24.4 Å². The van der Waals surface area contributed by atoms with E-state index in [4.69, 9.17) is 5.73 Å². The summed E-state index contributed by atoms with van der Waals surface area (Å²) >= 11 is 1.91. The molecule has 0 spiro atoms. The van der Waals surface area contributed by atoms with E-state index in [9.17, 15) is 0 Å². The molecule has 0 saturated carbocycles. The maximum atomic E-state index is 5.96. The highest BCUT2D eigenvalue weighted by molar-refractivity contribution is 8.00. The molecule has 0 amide bonds. The molecule has 1 saturated heterocycles. The van der Waals surface area contributed by atoms with Crippen LogP contribution in [0, 0.1) is 6.92 Å². The van der Waals surface area contributed by atoms with Crippen LogP contribution in [0.15, 0.2) is 18.5 Å². The van der Waals surface area contributed by atoms with Crippen LogP contribution in [0.4, 0.5) is 5.82 Å². The lowest BCUT2D eigenvalue weighted by molar-refractivity contribution is 0.453.